The molecule has 1 N–H and O–H groups in total. The third-order valence-electron chi connectivity index (χ3n) is 4.31. The van der Waals surface area contributed by atoms with Crippen molar-refractivity contribution in [2.24, 2.45) is 5.41 Å². The normalized spacial score (nSPS) is 18.3. The number of halogens is 1. The number of nitrogens with zero attached hydrogens (tertiary/aromatic N) is 1. The summed E-state index contributed by atoms with van der Waals surface area (Å²) in [6, 6.07) is 6.81. The molecule has 0 amide bonds. The molecule has 1 saturated carbocycles. The first-order valence-electron chi connectivity index (χ1n) is 7.27. The average Bonchev–Trinajstić information content (AvgIpc) is 2.40. The Morgan fingerprint density at radius 3 is 2.37 bits per heavy atom. The molecular weight excluding hydrogens is 239 g/mol. The predicted octanol–water partition coefficient (Wildman–Crippen LogP) is 3.43. The Bertz CT molecular complexity index is 377. The minimum Gasteiger partial charge on any atom is -0.374 e. The molecule has 0 aromatic heterocycles. The Hall–Kier alpha value is -1.09. The molecule has 1 aromatic rings. The van der Waals surface area contributed by atoms with Gasteiger partial charge in [0.1, 0.15) is 5.82 Å². The quantitative estimate of drug-likeness (QED) is 0.876. The first-order valence-corrected chi connectivity index (χ1v) is 7.27. The summed E-state index contributed by atoms with van der Waals surface area (Å²) in [6.45, 7) is 2.11. The summed E-state index contributed by atoms with van der Waals surface area (Å²) in [7, 11) is 4.15. The SMILES string of the molecule is CNCC1(CN(C)c2ccc(F)cc2)CCCCC1. The van der Waals surface area contributed by atoms with Crippen LogP contribution in [0.2, 0.25) is 0 Å². The van der Waals surface area contributed by atoms with E-state index in [2.05, 4.69) is 17.3 Å². The Morgan fingerprint density at radius 1 is 1.16 bits per heavy atom. The van der Waals surface area contributed by atoms with Gasteiger partial charge in [-0.25, -0.2) is 4.39 Å². The highest BCUT2D eigenvalue weighted by Crippen LogP contribution is 2.37. The first kappa shape index (κ1) is 14.3. The van der Waals surface area contributed by atoms with Gasteiger partial charge in [-0.3, -0.25) is 0 Å². The zero-order valence-corrected chi connectivity index (χ0v) is 12.1. The maximum Gasteiger partial charge on any atom is 0.123 e. The van der Waals surface area contributed by atoms with Crippen LogP contribution < -0.4 is 10.2 Å². The number of nitrogens with one attached hydrogen (secondary N) is 1. The number of benzene rings is 1. The lowest BCUT2D eigenvalue weighted by molar-refractivity contribution is 0.193. The Morgan fingerprint density at radius 2 is 1.79 bits per heavy atom. The second-order valence-electron chi connectivity index (χ2n) is 5.92. The summed E-state index contributed by atoms with van der Waals surface area (Å²) in [5, 5.41) is 3.36. The van der Waals surface area contributed by atoms with Crippen molar-refractivity contribution in [3.63, 3.8) is 0 Å². The second kappa shape index (κ2) is 6.38. The molecule has 1 aliphatic carbocycles. The molecule has 0 heterocycles. The van der Waals surface area contributed by atoms with Crippen LogP contribution >= 0.6 is 0 Å². The smallest absolute Gasteiger partial charge is 0.123 e. The van der Waals surface area contributed by atoms with Crippen LogP contribution in [0.4, 0.5) is 10.1 Å². The van der Waals surface area contributed by atoms with Crippen molar-refractivity contribution in [2.75, 3.05) is 32.1 Å². The van der Waals surface area contributed by atoms with Crippen LogP contribution in [0.1, 0.15) is 32.1 Å². The van der Waals surface area contributed by atoms with Crippen LogP contribution in [0.5, 0.6) is 0 Å². The van der Waals surface area contributed by atoms with Crippen molar-refractivity contribution in [1.29, 1.82) is 0 Å². The van der Waals surface area contributed by atoms with Crippen LogP contribution in [0.25, 0.3) is 0 Å². The molecule has 0 unspecified atom stereocenters. The van der Waals surface area contributed by atoms with Gasteiger partial charge in [-0.1, -0.05) is 19.3 Å². The van der Waals surface area contributed by atoms with Crippen LogP contribution in [-0.2, 0) is 0 Å². The number of hydrogen-bond donors (Lipinski definition) is 1. The van der Waals surface area contributed by atoms with Gasteiger partial charge in [0.05, 0.1) is 0 Å². The molecule has 1 fully saturated rings. The molecule has 0 spiro atoms. The highest BCUT2D eigenvalue weighted by molar-refractivity contribution is 5.45. The van der Waals surface area contributed by atoms with Gasteiger partial charge in [0.15, 0.2) is 0 Å². The molecule has 1 aromatic carbocycles. The third kappa shape index (κ3) is 3.69. The molecule has 0 atom stereocenters. The van der Waals surface area contributed by atoms with E-state index in [0.717, 1.165) is 18.8 Å². The largest absolute Gasteiger partial charge is 0.374 e. The van der Waals surface area contributed by atoms with Crippen LogP contribution in [0.3, 0.4) is 0 Å². The summed E-state index contributed by atoms with van der Waals surface area (Å²) in [4.78, 5) is 2.27. The molecule has 106 valence electrons. The highest BCUT2D eigenvalue weighted by atomic mass is 19.1. The Labute approximate surface area is 116 Å². The second-order valence-corrected chi connectivity index (χ2v) is 5.92. The van der Waals surface area contributed by atoms with E-state index in [1.54, 1.807) is 0 Å². The lowest BCUT2D eigenvalue weighted by atomic mass is 9.73. The van der Waals surface area contributed by atoms with E-state index in [-0.39, 0.29) is 5.82 Å². The van der Waals surface area contributed by atoms with Crippen molar-refractivity contribution in [3.05, 3.63) is 30.1 Å². The van der Waals surface area contributed by atoms with Gasteiger partial charge in [0, 0.05) is 31.2 Å². The minimum absolute atomic E-state index is 0.167. The molecule has 19 heavy (non-hydrogen) atoms. The van der Waals surface area contributed by atoms with E-state index in [1.807, 2.05) is 19.2 Å². The fourth-order valence-electron chi connectivity index (χ4n) is 3.36. The van der Waals surface area contributed by atoms with E-state index in [4.69, 9.17) is 0 Å². The highest BCUT2D eigenvalue weighted by Gasteiger charge is 2.32. The van der Waals surface area contributed by atoms with Crippen molar-refractivity contribution in [2.45, 2.75) is 32.1 Å². The van der Waals surface area contributed by atoms with Gasteiger partial charge in [0.25, 0.3) is 0 Å². The minimum atomic E-state index is -0.167. The van der Waals surface area contributed by atoms with Crippen molar-refractivity contribution < 1.29 is 4.39 Å². The van der Waals surface area contributed by atoms with Crippen molar-refractivity contribution in [1.82, 2.24) is 5.32 Å². The van der Waals surface area contributed by atoms with Crippen LogP contribution in [0.15, 0.2) is 24.3 Å². The van der Waals surface area contributed by atoms with E-state index < -0.39 is 0 Å². The monoisotopic (exact) mass is 264 g/mol. The molecule has 2 rings (SSSR count). The average molecular weight is 264 g/mol. The number of anilines is 1. The van der Waals surface area contributed by atoms with Gasteiger partial charge in [0.2, 0.25) is 0 Å². The van der Waals surface area contributed by atoms with Crippen molar-refractivity contribution in [3.8, 4) is 0 Å². The third-order valence-corrected chi connectivity index (χ3v) is 4.31. The summed E-state index contributed by atoms with van der Waals surface area (Å²) in [6.07, 6.45) is 6.61. The molecule has 0 saturated heterocycles. The molecule has 2 nitrogen and oxygen atoms in total. The zero-order valence-electron chi connectivity index (χ0n) is 12.1. The molecule has 0 aliphatic heterocycles. The van der Waals surface area contributed by atoms with E-state index >= 15 is 0 Å². The summed E-state index contributed by atoms with van der Waals surface area (Å²) in [5.41, 5.74) is 1.47. The lowest BCUT2D eigenvalue weighted by Crippen LogP contribution is -2.43. The van der Waals surface area contributed by atoms with E-state index in [1.165, 1.54) is 44.2 Å². The molecule has 0 radical (unpaired) electrons. The topological polar surface area (TPSA) is 15.3 Å². The van der Waals surface area contributed by atoms with Gasteiger partial charge in [-0.05, 0) is 44.2 Å². The standard InChI is InChI=1S/C16H25FN2/c1-18-12-16(10-4-3-5-11-16)13-19(2)15-8-6-14(17)7-9-15/h6-9,18H,3-5,10-13H2,1-2H3. The molecular formula is C16H25FN2. The van der Waals surface area contributed by atoms with E-state index in [9.17, 15) is 4.39 Å². The predicted molar refractivity (Wildman–Crippen MR) is 79.1 cm³/mol. The molecule has 3 heteroatoms. The number of rotatable bonds is 5. The van der Waals surface area contributed by atoms with Gasteiger partial charge < -0.3 is 10.2 Å². The summed E-state index contributed by atoms with van der Waals surface area (Å²) >= 11 is 0. The summed E-state index contributed by atoms with van der Waals surface area (Å²) in [5.74, 6) is -0.167. The Kier molecular flexibility index (Phi) is 4.81. The number of hydrogen-bond acceptors (Lipinski definition) is 2. The zero-order chi connectivity index (χ0) is 13.7. The fourth-order valence-corrected chi connectivity index (χ4v) is 3.36. The van der Waals surface area contributed by atoms with Gasteiger partial charge in [-0.15, -0.1) is 0 Å². The maximum absolute atomic E-state index is 13.0. The molecule has 0 bridgehead atoms. The Balaban J connectivity index is 2.05. The maximum atomic E-state index is 13.0. The van der Waals surface area contributed by atoms with Crippen LogP contribution in [0, 0.1) is 11.2 Å². The van der Waals surface area contributed by atoms with Gasteiger partial charge >= 0.3 is 0 Å². The summed E-state index contributed by atoms with van der Waals surface area (Å²) < 4.78 is 13.0. The fraction of sp³-hybridized carbons (Fsp3) is 0.625. The van der Waals surface area contributed by atoms with Crippen LogP contribution in [-0.4, -0.2) is 27.2 Å². The first-order chi connectivity index (χ1) is 9.15. The van der Waals surface area contributed by atoms with E-state index in [0.29, 0.717) is 5.41 Å². The van der Waals surface area contributed by atoms with Crippen molar-refractivity contribution >= 4 is 5.69 Å². The molecule has 1 aliphatic rings. The van der Waals surface area contributed by atoms with Gasteiger partial charge in [-0.2, -0.15) is 0 Å². The lowest BCUT2D eigenvalue weighted by Gasteiger charge is -2.40.